The maximum Gasteiger partial charge on any atom is 0.282 e. The maximum absolute atomic E-state index is 13.4. The summed E-state index contributed by atoms with van der Waals surface area (Å²) in [5.74, 6) is 1.17. The number of nitrogens with zero attached hydrogens (tertiary/aromatic N) is 4. The lowest BCUT2D eigenvalue weighted by Crippen LogP contribution is -2.17. The first kappa shape index (κ1) is 15.4. The first-order valence-corrected chi connectivity index (χ1v) is 8.18. The summed E-state index contributed by atoms with van der Waals surface area (Å²) in [6, 6.07) is 11.3. The number of pyridine rings is 1. The highest BCUT2D eigenvalue weighted by molar-refractivity contribution is 6.02. The Morgan fingerprint density at radius 1 is 1.16 bits per heavy atom. The number of para-hydroxylation sites is 2. The molecule has 0 saturated heterocycles. The van der Waals surface area contributed by atoms with E-state index in [1.165, 1.54) is 0 Å². The first-order chi connectivity index (χ1) is 12.2. The predicted octanol–water partition coefficient (Wildman–Crippen LogP) is 3.25. The largest absolute Gasteiger partial charge is 0.493 e. The van der Waals surface area contributed by atoms with Crippen LogP contribution in [0.5, 0.6) is 5.75 Å². The number of imidazole rings is 2. The van der Waals surface area contributed by atoms with Gasteiger partial charge in [-0.15, -0.1) is 0 Å². The fourth-order valence-electron chi connectivity index (χ4n) is 3.23. The number of hydrogen-bond acceptors (Lipinski definition) is 4. The molecule has 3 aromatic heterocycles. The van der Waals surface area contributed by atoms with Gasteiger partial charge < -0.3 is 4.74 Å². The summed E-state index contributed by atoms with van der Waals surface area (Å²) in [5.41, 5.74) is 3.53. The summed E-state index contributed by atoms with van der Waals surface area (Å²) < 4.78 is 8.84. The third-order valence-electron chi connectivity index (χ3n) is 4.38. The zero-order valence-corrected chi connectivity index (χ0v) is 14.4. The molecule has 0 bridgehead atoms. The van der Waals surface area contributed by atoms with Gasteiger partial charge >= 0.3 is 0 Å². The van der Waals surface area contributed by atoms with Gasteiger partial charge in [0.05, 0.1) is 23.8 Å². The lowest BCUT2D eigenvalue weighted by molar-refractivity contribution is 0.0955. The third-order valence-corrected chi connectivity index (χ3v) is 4.38. The molecule has 0 aliphatic carbocycles. The van der Waals surface area contributed by atoms with Gasteiger partial charge in [-0.25, -0.2) is 9.97 Å². The third kappa shape index (κ3) is 2.21. The number of aromatic nitrogens is 4. The van der Waals surface area contributed by atoms with Crippen LogP contribution in [0.2, 0.25) is 0 Å². The van der Waals surface area contributed by atoms with E-state index in [1.807, 2.05) is 56.4 Å². The summed E-state index contributed by atoms with van der Waals surface area (Å²) in [6.07, 6.45) is 2.49. The van der Waals surface area contributed by atoms with Crippen LogP contribution >= 0.6 is 0 Å². The summed E-state index contributed by atoms with van der Waals surface area (Å²) in [5, 5.41) is 0. The van der Waals surface area contributed by atoms with Gasteiger partial charge in [0.25, 0.3) is 5.91 Å². The number of carbonyl (C=O) groups excluding carboxylic acids is 1. The minimum absolute atomic E-state index is 0.135. The molecule has 4 rings (SSSR count). The van der Waals surface area contributed by atoms with Gasteiger partial charge in [0.15, 0.2) is 11.4 Å². The molecule has 0 aliphatic heterocycles. The summed E-state index contributed by atoms with van der Waals surface area (Å²) >= 11 is 0. The molecule has 0 aliphatic rings. The Morgan fingerprint density at radius 2 is 1.96 bits per heavy atom. The minimum atomic E-state index is -0.135. The molecule has 4 aromatic rings. The molecule has 6 heteroatoms. The number of carbonyl (C=O) groups is 1. The number of benzene rings is 1. The molecule has 0 atom stereocenters. The van der Waals surface area contributed by atoms with Gasteiger partial charge in [-0.3, -0.25) is 13.8 Å². The average Bonchev–Trinajstić information content (AvgIpc) is 3.17. The number of methoxy groups -OCH3 is 1. The Kier molecular flexibility index (Phi) is 3.53. The van der Waals surface area contributed by atoms with Crippen molar-refractivity contribution in [2.24, 2.45) is 0 Å². The lowest BCUT2D eigenvalue weighted by Gasteiger charge is -2.08. The lowest BCUT2D eigenvalue weighted by atomic mass is 10.2. The molecule has 3 heterocycles. The molecule has 0 N–H and O–H groups in total. The van der Waals surface area contributed by atoms with Crippen LogP contribution in [0, 0.1) is 6.92 Å². The van der Waals surface area contributed by atoms with E-state index in [0.717, 1.165) is 16.7 Å². The minimum Gasteiger partial charge on any atom is -0.493 e. The zero-order valence-electron chi connectivity index (χ0n) is 14.4. The number of hydrogen-bond donors (Lipinski definition) is 0. The number of rotatable bonds is 3. The van der Waals surface area contributed by atoms with E-state index in [2.05, 4.69) is 9.97 Å². The fraction of sp³-hybridized carbons (Fsp3) is 0.211. The summed E-state index contributed by atoms with van der Waals surface area (Å²) in [7, 11) is 1.60. The van der Waals surface area contributed by atoms with Crippen molar-refractivity contribution < 1.29 is 9.53 Å². The van der Waals surface area contributed by atoms with Crippen molar-refractivity contribution in [3.63, 3.8) is 0 Å². The molecule has 25 heavy (non-hydrogen) atoms. The van der Waals surface area contributed by atoms with Gasteiger partial charge in [-0.1, -0.05) is 19.1 Å². The molecule has 0 saturated carbocycles. The molecule has 0 radical (unpaired) electrons. The fourth-order valence-corrected chi connectivity index (χ4v) is 3.23. The normalized spacial score (nSPS) is 11.3. The molecule has 0 fully saturated rings. The van der Waals surface area contributed by atoms with Crippen LogP contribution in [0.3, 0.4) is 0 Å². The van der Waals surface area contributed by atoms with Gasteiger partial charge in [0.2, 0.25) is 0 Å². The standard InChI is InChI=1S/C19H18N4O2/c1-4-13-17(22-11-7-10-16(25-3)18(22)21-13)19(24)23-12(2)20-14-8-5-6-9-15(14)23/h5-11H,4H2,1-3H3. The first-order valence-electron chi connectivity index (χ1n) is 8.18. The van der Waals surface area contributed by atoms with Crippen LogP contribution in [-0.4, -0.2) is 32.0 Å². The molecule has 6 nitrogen and oxygen atoms in total. The van der Waals surface area contributed by atoms with Gasteiger partial charge in [-0.2, -0.15) is 0 Å². The Morgan fingerprint density at radius 3 is 2.72 bits per heavy atom. The van der Waals surface area contributed by atoms with Crippen LogP contribution in [-0.2, 0) is 6.42 Å². The van der Waals surface area contributed by atoms with Crippen molar-refractivity contribution in [1.82, 2.24) is 18.9 Å². The Bertz CT molecular complexity index is 1110. The molecule has 0 spiro atoms. The van der Waals surface area contributed by atoms with Gasteiger partial charge in [-0.05, 0) is 37.6 Å². The van der Waals surface area contributed by atoms with Crippen LogP contribution in [0.4, 0.5) is 0 Å². The molecular formula is C19H18N4O2. The van der Waals surface area contributed by atoms with Crippen molar-refractivity contribution in [1.29, 1.82) is 0 Å². The monoisotopic (exact) mass is 334 g/mol. The highest BCUT2D eigenvalue weighted by Gasteiger charge is 2.24. The SMILES string of the molecule is CCc1nc2c(OC)cccn2c1C(=O)n1c(C)nc2ccccc21. The topological polar surface area (TPSA) is 61.4 Å². The van der Waals surface area contributed by atoms with Crippen molar-refractivity contribution in [3.8, 4) is 5.75 Å². The van der Waals surface area contributed by atoms with E-state index < -0.39 is 0 Å². The van der Waals surface area contributed by atoms with E-state index in [9.17, 15) is 4.79 Å². The van der Waals surface area contributed by atoms with Crippen molar-refractivity contribution in [2.45, 2.75) is 20.3 Å². The van der Waals surface area contributed by atoms with E-state index >= 15 is 0 Å². The molecular weight excluding hydrogens is 316 g/mol. The molecule has 1 aromatic carbocycles. The zero-order chi connectivity index (χ0) is 17.6. The summed E-state index contributed by atoms with van der Waals surface area (Å²) in [4.78, 5) is 22.5. The van der Waals surface area contributed by atoms with Crippen LogP contribution in [0.25, 0.3) is 16.7 Å². The smallest absolute Gasteiger partial charge is 0.282 e. The van der Waals surface area contributed by atoms with E-state index in [-0.39, 0.29) is 5.91 Å². The number of aryl methyl sites for hydroxylation is 2. The quantitative estimate of drug-likeness (QED) is 0.577. The Hall–Kier alpha value is -3.15. The summed E-state index contributed by atoms with van der Waals surface area (Å²) in [6.45, 7) is 3.83. The second kappa shape index (κ2) is 5.73. The molecule has 0 unspecified atom stereocenters. The van der Waals surface area contributed by atoms with E-state index in [4.69, 9.17) is 4.74 Å². The molecule has 0 amide bonds. The van der Waals surface area contributed by atoms with Crippen molar-refractivity contribution in [3.05, 3.63) is 59.8 Å². The Labute approximate surface area is 144 Å². The van der Waals surface area contributed by atoms with Gasteiger partial charge in [0, 0.05) is 6.20 Å². The highest BCUT2D eigenvalue weighted by Crippen LogP contribution is 2.25. The highest BCUT2D eigenvalue weighted by atomic mass is 16.5. The number of fused-ring (bicyclic) bond motifs is 2. The van der Waals surface area contributed by atoms with E-state index in [1.54, 1.807) is 16.1 Å². The van der Waals surface area contributed by atoms with E-state index in [0.29, 0.717) is 29.3 Å². The van der Waals surface area contributed by atoms with Crippen LogP contribution in [0.1, 0.15) is 28.9 Å². The second-order valence-electron chi connectivity index (χ2n) is 5.82. The average molecular weight is 334 g/mol. The van der Waals surface area contributed by atoms with Crippen LogP contribution in [0.15, 0.2) is 42.6 Å². The van der Waals surface area contributed by atoms with Crippen molar-refractivity contribution in [2.75, 3.05) is 7.11 Å². The second-order valence-corrected chi connectivity index (χ2v) is 5.82. The van der Waals surface area contributed by atoms with Crippen molar-refractivity contribution >= 4 is 22.6 Å². The van der Waals surface area contributed by atoms with Gasteiger partial charge in [0.1, 0.15) is 11.5 Å². The maximum atomic E-state index is 13.4. The Balaban J connectivity index is 2.00. The van der Waals surface area contributed by atoms with Crippen LogP contribution < -0.4 is 4.74 Å². The predicted molar refractivity (Wildman–Crippen MR) is 95.3 cm³/mol. The molecule has 126 valence electrons. The number of ether oxygens (including phenoxy) is 1.